The SMILES string of the molecule is CC1CN(C)CC(C)C1(C)F. The van der Waals surface area contributed by atoms with Crippen LogP contribution in [0.5, 0.6) is 0 Å². The van der Waals surface area contributed by atoms with Gasteiger partial charge in [-0.15, -0.1) is 0 Å². The Labute approximate surface area is 68.6 Å². The van der Waals surface area contributed by atoms with Crippen LogP contribution in [0.2, 0.25) is 0 Å². The fourth-order valence-electron chi connectivity index (χ4n) is 1.85. The summed E-state index contributed by atoms with van der Waals surface area (Å²) in [4.78, 5) is 2.21. The first-order valence-corrected chi connectivity index (χ1v) is 4.32. The van der Waals surface area contributed by atoms with Gasteiger partial charge in [0.2, 0.25) is 0 Å². The summed E-state index contributed by atoms with van der Waals surface area (Å²) >= 11 is 0. The minimum atomic E-state index is -0.966. The van der Waals surface area contributed by atoms with E-state index in [2.05, 4.69) is 11.9 Å². The van der Waals surface area contributed by atoms with Gasteiger partial charge >= 0.3 is 0 Å². The van der Waals surface area contributed by atoms with Gasteiger partial charge in [0.15, 0.2) is 0 Å². The number of piperidine rings is 1. The normalized spacial score (nSPS) is 47.7. The number of alkyl halides is 1. The summed E-state index contributed by atoms with van der Waals surface area (Å²) in [6.07, 6.45) is 0. The van der Waals surface area contributed by atoms with Gasteiger partial charge in [-0.2, -0.15) is 0 Å². The average molecular weight is 159 g/mol. The van der Waals surface area contributed by atoms with Crippen LogP contribution in [0.4, 0.5) is 4.39 Å². The maximum absolute atomic E-state index is 13.8. The highest BCUT2D eigenvalue weighted by molar-refractivity contribution is 4.91. The van der Waals surface area contributed by atoms with Gasteiger partial charge in [0.1, 0.15) is 5.67 Å². The molecule has 1 heterocycles. The van der Waals surface area contributed by atoms with Crippen LogP contribution >= 0.6 is 0 Å². The minimum absolute atomic E-state index is 0.163. The van der Waals surface area contributed by atoms with E-state index in [0.29, 0.717) is 0 Å². The Morgan fingerprint density at radius 1 is 1.27 bits per heavy atom. The smallest absolute Gasteiger partial charge is 0.115 e. The zero-order valence-corrected chi connectivity index (χ0v) is 7.89. The molecule has 0 aliphatic carbocycles. The summed E-state index contributed by atoms with van der Waals surface area (Å²) in [6, 6.07) is 0. The molecule has 2 heteroatoms. The van der Waals surface area contributed by atoms with Crippen molar-refractivity contribution >= 4 is 0 Å². The molecule has 1 nitrogen and oxygen atoms in total. The van der Waals surface area contributed by atoms with Crippen LogP contribution < -0.4 is 0 Å². The second kappa shape index (κ2) is 2.74. The molecule has 1 rings (SSSR count). The van der Waals surface area contributed by atoms with E-state index in [1.807, 2.05) is 13.8 Å². The van der Waals surface area contributed by atoms with Crippen LogP contribution in [0.15, 0.2) is 0 Å². The third-order valence-electron chi connectivity index (χ3n) is 3.10. The lowest BCUT2D eigenvalue weighted by molar-refractivity contribution is -0.0189. The molecular formula is C9H18FN. The van der Waals surface area contributed by atoms with Crippen LogP contribution in [-0.2, 0) is 0 Å². The molecule has 2 atom stereocenters. The van der Waals surface area contributed by atoms with Crippen molar-refractivity contribution in [3.05, 3.63) is 0 Å². The van der Waals surface area contributed by atoms with Crippen LogP contribution in [0.1, 0.15) is 20.8 Å². The second-order valence-corrected chi connectivity index (χ2v) is 4.17. The van der Waals surface area contributed by atoms with Gasteiger partial charge < -0.3 is 4.90 Å². The maximum Gasteiger partial charge on any atom is 0.115 e. The standard InChI is InChI=1S/C9H18FN/c1-7-5-11(4)6-8(2)9(7,3)10/h7-8H,5-6H2,1-4H3. The monoisotopic (exact) mass is 159 g/mol. The van der Waals surface area contributed by atoms with Crippen molar-refractivity contribution in [3.8, 4) is 0 Å². The lowest BCUT2D eigenvalue weighted by Crippen LogP contribution is -2.50. The van der Waals surface area contributed by atoms with Crippen molar-refractivity contribution < 1.29 is 4.39 Å². The molecule has 1 saturated heterocycles. The van der Waals surface area contributed by atoms with Crippen molar-refractivity contribution in [2.45, 2.75) is 26.4 Å². The molecule has 0 spiro atoms. The molecular weight excluding hydrogens is 141 g/mol. The minimum Gasteiger partial charge on any atom is -0.306 e. The molecule has 0 aromatic rings. The number of rotatable bonds is 0. The quantitative estimate of drug-likeness (QED) is 0.522. The molecule has 0 amide bonds. The zero-order chi connectivity index (χ0) is 8.65. The van der Waals surface area contributed by atoms with Crippen molar-refractivity contribution in [1.82, 2.24) is 4.90 Å². The van der Waals surface area contributed by atoms with Crippen molar-refractivity contribution in [2.24, 2.45) is 11.8 Å². The van der Waals surface area contributed by atoms with E-state index in [4.69, 9.17) is 0 Å². The topological polar surface area (TPSA) is 3.24 Å². The average Bonchev–Trinajstić information content (AvgIpc) is 1.84. The van der Waals surface area contributed by atoms with Crippen LogP contribution in [-0.4, -0.2) is 30.7 Å². The molecule has 2 unspecified atom stereocenters. The fraction of sp³-hybridized carbons (Fsp3) is 1.00. The van der Waals surface area contributed by atoms with Crippen molar-refractivity contribution in [1.29, 1.82) is 0 Å². The second-order valence-electron chi connectivity index (χ2n) is 4.17. The summed E-state index contributed by atoms with van der Waals surface area (Å²) in [5.41, 5.74) is -0.966. The molecule has 0 bridgehead atoms. The molecule has 66 valence electrons. The van der Waals surface area contributed by atoms with E-state index < -0.39 is 5.67 Å². The van der Waals surface area contributed by atoms with E-state index >= 15 is 0 Å². The molecule has 0 aromatic carbocycles. The lowest BCUT2D eigenvalue weighted by Gasteiger charge is -2.42. The number of halogens is 1. The van der Waals surface area contributed by atoms with E-state index in [1.54, 1.807) is 6.92 Å². The summed E-state index contributed by atoms with van der Waals surface area (Å²) < 4.78 is 13.8. The molecule has 0 radical (unpaired) electrons. The van der Waals surface area contributed by atoms with Crippen LogP contribution in [0.25, 0.3) is 0 Å². The summed E-state index contributed by atoms with van der Waals surface area (Å²) in [5, 5.41) is 0. The van der Waals surface area contributed by atoms with Gasteiger partial charge in [-0.05, 0) is 14.0 Å². The number of likely N-dealkylation sites (tertiary alicyclic amines) is 1. The predicted molar refractivity (Wildman–Crippen MR) is 45.3 cm³/mol. The van der Waals surface area contributed by atoms with Gasteiger partial charge in [0.25, 0.3) is 0 Å². The highest BCUT2D eigenvalue weighted by Crippen LogP contribution is 2.34. The highest BCUT2D eigenvalue weighted by atomic mass is 19.1. The molecule has 11 heavy (non-hydrogen) atoms. The van der Waals surface area contributed by atoms with Gasteiger partial charge in [-0.1, -0.05) is 13.8 Å². The number of hydrogen-bond acceptors (Lipinski definition) is 1. The Morgan fingerprint density at radius 3 is 2.00 bits per heavy atom. The summed E-state index contributed by atoms with van der Waals surface area (Å²) in [6.45, 7) is 7.49. The molecule has 1 fully saturated rings. The maximum atomic E-state index is 13.8. The predicted octanol–water partition coefficient (Wildman–Crippen LogP) is 1.93. The Bertz CT molecular complexity index is 130. The largest absolute Gasteiger partial charge is 0.306 e. The fourth-order valence-corrected chi connectivity index (χ4v) is 1.85. The van der Waals surface area contributed by atoms with Gasteiger partial charge in [-0.3, -0.25) is 0 Å². The first-order chi connectivity index (χ1) is 4.94. The van der Waals surface area contributed by atoms with Crippen LogP contribution in [0, 0.1) is 11.8 Å². The number of nitrogens with zero attached hydrogens (tertiary/aromatic N) is 1. The highest BCUT2D eigenvalue weighted by Gasteiger charge is 2.41. The van der Waals surface area contributed by atoms with E-state index in [1.165, 1.54) is 0 Å². The molecule has 1 aliphatic heterocycles. The van der Waals surface area contributed by atoms with Gasteiger partial charge in [-0.25, -0.2) is 4.39 Å². The zero-order valence-electron chi connectivity index (χ0n) is 7.89. The molecule has 0 aromatic heterocycles. The third-order valence-corrected chi connectivity index (χ3v) is 3.10. The first kappa shape index (κ1) is 8.98. The Hall–Kier alpha value is -0.110. The third kappa shape index (κ3) is 1.56. The lowest BCUT2D eigenvalue weighted by atomic mass is 9.78. The van der Waals surface area contributed by atoms with E-state index in [0.717, 1.165) is 13.1 Å². The van der Waals surface area contributed by atoms with Crippen molar-refractivity contribution in [3.63, 3.8) is 0 Å². The van der Waals surface area contributed by atoms with Crippen LogP contribution in [0.3, 0.4) is 0 Å². The van der Waals surface area contributed by atoms with E-state index in [-0.39, 0.29) is 11.8 Å². The number of hydrogen-bond donors (Lipinski definition) is 0. The van der Waals surface area contributed by atoms with Gasteiger partial charge in [0.05, 0.1) is 0 Å². The Balaban J connectivity index is 2.67. The first-order valence-electron chi connectivity index (χ1n) is 4.32. The van der Waals surface area contributed by atoms with Gasteiger partial charge in [0, 0.05) is 24.9 Å². The van der Waals surface area contributed by atoms with E-state index in [9.17, 15) is 4.39 Å². The Morgan fingerprint density at radius 2 is 1.64 bits per heavy atom. The molecule has 0 N–H and O–H groups in total. The summed E-state index contributed by atoms with van der Waals surface area (Å²) in [5.74, 6) is 0.326. The van der Waals surface area contributed by atoms with Crippen molar-refractivity contribution in [2.75, 3.05) is 20.1 Å². The molecule has 0 saturated carbocycles. The Kier molecular flexibility index (Phi) is 2.24. The molecule has 1 aliphatic rings. The summed E-state index contributed by atoms with van der Waals surface area (Å²) in [7, 11) is 2.06.